The average Bonchev–Trinajstić information content (AvgIpc) is 2.24. The Balaban J connectivity index is 2.08. The summed E-state index contributed by atoms with van der Waals surface area (Å²) in [4.78, 5) is 16.4. The van der Waals surface area contributed by atoms with Gasteiger partial charge in [-0.1, -0.05) is 6.07 Å². The molecule has 1 aliphatic rings. The zero-order chi connectivity index (χ0) is 11.6. The van der Waals surface area contributed by atoms with Crippen molar-refractivity contribution in [2.45, 2.75) is 44.6 Å². The number of aromatic nitrogens is 1. The van der Waals surface area contributed by atoms with Crippen LogP contribution in [0.25, 0.3) is 0 Å². The van der Waals surface area contributed by atoms with Crippen LogP contribution in [0.1, 0.15) is 38.8 Å². The van der Waals surface area contributed by atoms with E-state index in [1.807, 2.05) is 32.0 Å². The van der Waals surface area contributed by atoms with Crippen LogP contribution in [-0.4, -0.2) is 16.9 Å². The van der Waals surface area contributed by atoms with E-state index in [2.05, 4.69) is 10.3 Å². The van der Waals surface area contributed by atoms with Crippen molar-refractivity contribution in [2.24, 2.45) is 0 Å². The molecule has 1 aromatic heterocycles. The van der Waals surface area contributed by atoms with Crippen LogP contribution in [-0.2, 0) is 10.2 Å². The minimum absolute atomic E-state index is 0.0795. The summed E-state index contributed by atoms with van der Waals surface area (Å²) in [6.45, 7) is 3.84. The van der Waals surface area contributed by atoms with Crippen molar-refractivity contribution in [1.82, 2.24) is 10.3 Å². The Hall–Kier alpha value is -1.38. The minimum atomic E-state index is -0.545. The first-order chi connectivity index (χ1) is 7.60. The molecule has 1 N–H and O–H groups in total. The van der Waals surface area contributed by atoms with E-state index in [1.54, 1.807) is 6.20 Å². The van der Waals surface area contributed by atoms with Gasteiger partial charge < -0.3 is 5.32 Å². The van der Waals surface area contributed by atoms with E-state index in [4.69, 9.17) is 0 Å². The monoisotopic (exact) mass is 218 g/mol. The quantitative estimate of drug-likeness (QED) is 0.843. The summed E-state index contributed by atoms with van der Waals surface area (Å²) in [6, 6.07) is 6.07. The lowest BCUT2D eigenvalue weighted by Gasteiger charge is -2.31. The molecule has 3 nitrogen and oxygen atoms in total. The van der Waals surface area contributed by atoms with E-state index in [1.165, 1.54) is 6.42 Å². The van der Waals surface area contributed by atoms with Crippen LogP contribution >= 0.6 is 0 Å². The normalized spacial score (nSPS) is 16.6. The Bertz CT molecular complexity index is 369. The van der Waals surface area contributed by atoms with E-state index in [0.717, 1.165) is 18.5 Å². The van der Waals surface area contributed by atoms with E-state index in [9.17, 15) is 4.79 Å². The number of carbonyl (C=O) groups excluding carboxylic acids is 1. The number of hydrogen-bond donors (Lipinski definition) is 1. The van der Waals surface area contributed by atoms with Crippen molar-refractivity contribution in [3.05, 3.63) is 30.1 Å². The van der Waals surface area contributed by atoms with E-state index in [0.29, 0.717) is 6.04 Å². The maximum Gasteiger partial charge on any atom is 0.231 e. The SMILES string of the molecule is CC(C)(C(=O)NC1CCC1)c1ccccn1. The van der Waals surface area contributed by atoms with Crippen molar-refractivity contribution >= 4 is 5.91 Å². The Morgan fingerprint density at radius 1 is 1.44 bits per heavy atom. The smallest absolute Gasteiger partial charge is 0.231 e. The molecule has 0 bridgehead atoms. The third-order valence-corrected chi connectivity index (χ3v) is 3.31. The second kappa shape index (κ2) is 4.24. The number of nitrogens with zero attached hydrogens (tertiary/aromatic N) is 1. The molecule has 16 heavy (non-hydrogen) atoms. The van der Waals surface area contributed by atoms with E-state index < -0.39 is 5.41 Å². The second-order valence-corrected chi connectivity index (χ2v) is 4.94. The van der Waals surface area contributed by atoms with Crippen molar-refractivity contribution in [3.8, 4) is 0 Å². The number of rotatable bonds is 3. The zero-order valence-corrected chi connectivity index (χ0v) is 9.86. The van der Waals surface area contributed by atoms with E-state index in [-0.39, 0.29) is 5.91 Å². The Morgan fingerprint density at radius 3 is 2.69 bits per heavy atom. The topological polar surface area (TPSA) is 42.0 Å². The lowest BCUT2D eigenvalue weighted by atomic mass is 9.85. The number of pyridine rings is 1. The number of hydrogen-bond acceptors (Lipinski definition) is 2. The highest BCUT2D eigenvalue weighted by atomic mass is 16.2. The third-order valence-electron chi connectivity index (χ3n) is 3.31. The molecule has 0 aliphatic heterocycles. The van der Waals surface area contributed by atoms with Crippen molar-refractivity contribution in [2.75, 3.05) is 0 Å². The summed E-state index contributed by atoms with van der Waals surface area (Å²) in [7, 11) is 0. The van der Waals surface area contributed by atoms with Crippen LogP contribution in [0.4, 0.5) is 0 Å². The van der Waals surface area contributed by atoms with Gasteiger partial charge in [0.2, 0.25) is 5.91 Å². The van der Waals surface area contributed by atoms with Gasteiger partial charge in [0.1, 0.15) is 0 Å². The molecule has 1 saturated carbocycles. The summed E-state index contributed by atoms with van der Waals surface area (Å²) in [5, 5.41) is 3.08. The highest BCUT2D eigenvalue weighted by Crippen LogP contribution is 2.24. The minimum Gasteiger partial charge on any atom is -0.353 e. The molecule has 1 amide bonds. The number of carbonyl (C=O) groups is 1. The first-order valence-electron chi connectivity index (χ1n) is 5.83. The summed E-state index contributed by atoms with van der Waals surface area (Å²) >= 11 is 0. The first kappa shape index (κ1) is 11.1. The lowest BCUT2D eigenvalue weighted by molar-refractivity contribution is -0.127. The maximum absolute atomic E-state index is 12.1. The van der Waals surface area contributed by atoms with Gasteiger partial charge in [-0.05, 0) is 45.2 Å². The largest absolute Gasteiger partial charge is 0.353 e. The molecule has 1 heterocycles. The molecule has 1 fully saturated rings. The van der Waals surface area contributed by atoms with Crippen LogP contribution in [0.2, 0.25) is 0 Å². The molecule has 0 spiro atoms. The Labute approximate surface area is 96.3 Å². The fraction of sp³-hybridized carbons (Fsp3) is 0.538. The molecule has 0 saturated heterocycles. The zero-order valence-electron chi connectivity index (χ0n) is 9.86. The van der Waals surface area contributed by atoms with Crippen molar-refractivity contribution in [3.63, 3.8) is 0 Å². The van der Waals surface area contributed by atoms with Gasteiger partial charge >= 0.3 is 0 Å². The highest BCUT2D eigenvalue weighted by molar-refractivity contribution is 5.87. The lowest BCUT2D eigenvalue weighted by Crippen LogP contribution is -2.47. The molecule has 0 aromatic carbocycles. The Morgan fingerprint density at radius 2 is 2.19 bits per heavy atom. The number of nitrogens with one attached hydrogen (secondary N) is 1. The molecule has 0 atom stereocenters. The molecular weight excluding hydrogens is 200 g/mol. The predicted octanol–water partition coefficient (Wildman–Crippen LogP) is 2.03. The van der Waals surface area contributed by atoms with Gasteiger partial charge in [-0.3, -0.25) is 9.78 Å². The van der Waals surface area contributed by atoms with E-state index >= 15 is 0 Å². The van der Waals surface area contributed by atoms with Gasteiger partial charge in [-0.2, -0.15) is 0 Å². The standard InChI is InChI=1S/C13H18N2O/c1-13(2,11-8-3-4-9-14-11)12(16)15-10-6-5-7-10/h3-4,8-10H,5-7H2,1-2H3,(H,15,16). The van der Waals surface area contributed by atoms with Crippen LogP contribution in [0.3, 0.4) is 0 Å². The van der Waals surface area contributed by atoms with Crippen LogP contribution in [0.15, 0.2) is 24.4 Å². The molecule has 1 aliphatic carbocycles. The highest BCUT2D eigenvalue weighted by Gasteiger charge is 2.33. The molecule has 3 heteroatoms. The molecular formula is C13H18N2O. The molecule has 0 radical (unpaired) electrons. The number of amides is 1. The fourth-order valence-corrected chi connectivity index (χ4v) is 1.77. The van der Waals surface area contributed by atoms with Crippen molar-refractivity contribution < 1.29 is 4.79 Å². The second-order valence-electron chi connectivity index (χ2n) is 4.94. The first-order valence-corrected chi connectivity index (χ1v) is 5.83. The van der Waals surface area contributed by atoms with Gasteiger partial charge in [0.05, 0.1) is 11.1 Å². The van der Waals surface area contributed by atoms with Crippen LogP contribution in [0, 0.1) is 0 Å². The van der Waals surface area contributed by atoms with Gasteiger partial charge in [0, 0.05) is 12.2 Å². The summed E-state index contributed by atoms with van der Waals surface area (Å²) < 4.78 is 0. The molecule has 2 rings (SSSR count). The molecule has 86 valence electrons. The van der Waals surface area contributed by atoms with Crippen LogP contribution in [0.5, 0.6) is 0 Å². The molecule has 1 aromatic rings. The average molecular weight is 218 g/mol. The van der Waals surface area contributed by atoms with Crippen LogP contribution < -0.4 is 5.32 Å². The van der Waals surface area contributed by atoms with Gasteiger partial charge in [-0.25, -0.2) is 0 Å². The van der Waals surface area contributed by atoms with Crippen molar-refractivity contribution in [1.29, 1.82) is 0 Å². The third kappa shape index (κ3) is 2.08. The summed E-state index contributed by atoms with van der Waals surface area (Å²) in [5.41, 5.74) is 0.281. The fourth-order valence-electron chi connectivity index (χ4n) is 1.77. The van der Waals surface area contributed by atoms with Gasteiger partial charge in [0.25, 0.3) is 0 Å². The predicted molar refractivity (Wildman–Crippen MR) is 63.0 cm³/mol. The van der Waals surface area contributed by atoms with Gasteiger partial charge in [-0.15, -0.1) is 0 Å². The summed E-state index contributed by atoms with van der Waals surface area (Å²) in [5.74, 6) is 0.0795. The summed E-state index contributed by atoms with van der Waals surface area (Å²) in [6.07, 6.45) is 5.19. The maximum atomic E-state index is 12.1. The molecule has 0 unspecified atom stereocenters. The Kier molecular flexibility index (Phi) is 2.95. The van der Waals surface area contributed by atoms with Gasteiger partial charge in [0.15, 0.2) is 0 Å².